The van der Waals surface area contributed by atoms with E-state index in [-0.39, 0.29) is 18.0 Å². The summed E-state index contributed by atoms with van der Waals surface area (Å²) in [6.07, 6.45) is 11.5. The number of amides is 2. The average Bonchev–Trinajstić information content (AvgIpc) is 2.82. The molecule has 0 spiro atoms. The van der Waals surface area contributed by atoms with Crippen LogP contribution in [-0.4, -0.2) is 46.8 Å². The standard InChI is InChI=1S/C26H33N3O2/c27-15-19-9-4-5-10-22(19)26(31)28-16-20-14-21(17-28)24(13-18-7-2-1-3-8-18)29-23(20)11-6-12-25(29)30/h4-5,9-10,18,20-21,23-24H,1-3,6-8,11-14,16-17H2/t20-,21+,23+,24+/m1/s1. The Balaban J connectivity index is 1.41. The van der Waals surface area contributed by atoms with Crippen molar-refractivity contribution in [3.8, 4) is 6.07 Å². The van der Waals surface area contributed by atoms with Crippen LogP contribution in [0.4, 0.5) is 0 Å². The zero-order valence-electron chi connectivity index (χ0n) is 18.3. The van der Waals surface area contributed by atoms with Crippen LogP contribution in [-0.2, 0) is 4.79 Å². The largest absolute Gasteiger partial charge is 0.338 e. The van der Waals surface area contributed by atoms with Crippen molar-refractivity contribution in [1.82, 2.24) is 9.80 Å². The fourth-order valence-corrected chi connectivity index (χ4v) is 6.95. The molecule has 31 heavy (non-hydrogen) atoms. The van der Waals surface area contributed by atoms with Crippen LogP contribution in [0.2, 0.25) is 0 Å². The number of carbonyl (C=O) groups is 2. The first kappa shape index (κ1) is 20.5. The molecule has 3 saturated heterocycles. The lowest BCUT2D eigenvalue weighted by atomic mass is 9.69. The van der Waals surface area contributed by atoms with Crippen molar-refractivity contribution in [2.45, 2.75) is 76.3 Å². The molecular formula is C26H33N3O2. The molecule has 0 unspecified atom stereocenters. The lowest BCUT2D eigenvalue weighted by Gasteiger charge is -2.57. The number of fused-ring (bicyclic) bond motifs is 4. The number of hydrogen-bond donors (Lipinski definition) is 0. The molecule has 4 atom stereocenters. The summed E-state index contributed by atoms with van der Waals surface area (Å²) in [6.45, 7) is 1.42. The Labute approximate surface area is 185 Å². The first-order chi connectivity index (χ1) is 15.2. The summed E-state index contributed by atoms with van der Waals surface area (Å²) < 4.78 is 0. The Bertz CT molecular complexity index is 885. The van der Waals surface area contributed by atoms with Crippen molar-refractivity contribution >= 4 is 11.8 Å². The summed E-state index contributed by atoms with van der Waals surface area (Å²) in [4.78, 5) is 30.8. The van der Waals surface area contributed by atoms with Gasteiger partial charge in [-0.25, -0.2) is 0 Å². The van der Waals surface area contributed by atoms with Crippen LogP contribution in [0.3, 0.4) is 0 Å². The first-order valence-corrected chi connectivity index (χ1v) is 12.2. The van der Waals surface area contributed by atoms with E-state index < -0.39 is 0 Å². The molecule has 5 heteroatoms. The Morgan fingerprint density at radius 3 is 2.61 bits per heavy atom. The number of likely N-dealkylation sites (tertiary alicyclic amines) is 1. The van der Waals surface area contributed by atoms with Gasteiger partial charge in [0.1, 0.15) is 0 Å². The van der Waals surface area contributed by atoms with Gasteiger partial charge in [-0.3, -0.25) is 9.59 Å². The molecule has 164 valence electrons. The molecule has 1 saturated carbocycles. The number of rotatable bonds is 3. The molecule has 0 aromatic heterocycles. The number of benzene rings is 1. The van der Waals surface area contributed by atoms with E-state index in [9.17, 15) is 14.9 Å². The second kappa shape index (κ2) is 8.65. The summed E-state index contributed by atoms with van der Waals surface area (Å²) in [6, 6.07) is 9.90. The fourth-order valence-electron chi connectivity index (χ4n) is 6.95. The minimum atomic E-state index is -0.0150. The van der Waals surface area contributed by atoms with E-state index in [2.05, 4.69) is 11.0 Å². The maximum atomic E-state index is 13.4. The third kappa shape index (κ3) is 3.86. The smallest absolute Gasteiger partial charge is 0.255 e. The molecule has 3 aliphatic heterocycles. The Morgan fingerprint density at radius 1 is 1.03 bits per heavy atom. The highest BCUT2D eigenvalue weighted by atomic mass is 16.2. The van der Waals surface area contributed by atoms with Crippen molar-refractivity contribution in [3.63, 3.8) is 0 Å². The predicted molar refractivity (Wildman–Crippen MR) is 118 cm³/mol. The molecule has 0 N–H and O–H groups in total. The van der Waals surface area contributed by atoms with E-state index in [1.54, 1.807) is 12.1 Å². The minimum absolute atomic E-state index is 0.0150. The van der Waals surface area contributed by atoms with Crippen molar-refractivity contribution in [2.24, 2.45) is 17.8 Å². The molecule has 1 aliphatic carbocycles. The third-order valence-electron chi connectivity index (χ3n) is 8.36. The summed E-state index contributed by atoms with van der Waals surface area (Å²) in [7, 11) is 0. The molecule has 4 aliphatic rings. The third-order valence-corrected chi connectivity index (χ3v) is 8.36. The topological polar surface area (TPSA) is 64.4 Å². The molecule has 5 rings (SSSR count). The van der Waals surface area contributed by atoms with Gasteiger partial charge in [0.25, 0.3) is 5.91 Å². The van der Waals surface area contributed by atoms with E-state index in [1.165, 1.54) is 32.1 Å². The molecule has 4 fully saturated rings. The highest BCUT2D eigenvalue weighted by Gasteiger charge is 2.50. The number of nitriles is 1. The van der Waals surface area contributed by atoms with Gasteiger partial charge >= 0.3 is 0 Å². The van der Waals surface area contributed by atoms with Gasteiger partial charge in [-0.2, -0.15) is 5.26 Å². The lowest BCUT2D eigenvalue weighted by Crippen LogP contribution is -2.65. The maximum Gasteiger partial charge on any atom is 0.255 e. The van der Waals surface area contributed by atoms with Crippen LogP contribution in [0.5, 0.6) is 0 Å². The summed E-state index contributed by atoms with van der Waals surface area (Å²) in [5.74, 6) is 1.78. The Hall–Kier alpha value is -2.35. The van der Waals surface area contributed by atoms with E-state index >= 15 is 0 Å². The second-order valence-electron chi connectivity index (χ2n) is 10.2. The Morgan fingerprint density at radius 2 is 1.81 bits per heavy atom. The van der Waals surface area contributed by atoms with Crippen LogP contribution in [0.15, 0.2) is 24.3 Å². The van der Waals surface area contributed by atoms with Gasteiger partial charge in [0.2, 0.25) is 5.91 Å². The van der Waals surface area contributed by atoms with E-state index in [1.807, 2.05) is 17.0 Å². The summed E-state index contributed by atoms with van der Waals surface area (Å²) >= 11 is 0. The first-order valence-electron chi connectivity index (χ1n) is 12.2. The van der Waals surface area contributed by atoms with Gasteiger partial charge in [0.05, 0.1) is 17.2 Å². The highest BCUT2D eigenvalue weighted by Crippen LogP contribution is 2.45. The normalized spacial score (nSPS) is 31.1. The van der Waals surface area contributed by atoms with Crippen LogP contribution in [0.25, 0.3) is 0 Å². The van der Waals surface area contributed by atoms with E-state index in [4.69, 9.17) is 0 Å². The van der Waals surface area contributed by atoms with Gasteiger partial charge in [0, 0.05) is 31.6 Å². The molecule has 2 amide bonds. The van der Waals surface area contributed by atoms with Crippen LogP contribution >= 0.6 is 0 Å². The second-order valence-corrected chi connectivity index (χ2v) is 10.2. The van der Waals surface area contributed by atoms with Gasteiger partial charge in [0.15, 0.2) is 0 Å². The van der Waals surface area contributed by atoms with Crippen molar-refractivity contribution < 1.29 is 9.59 Å². The van der Waals surface area contributed by atoms with Gasteiger partial charge in [-0.1, -0.05) is 44.2 Å². The Kier molecular flexibility index (Phi) is 5.73. The van der Waals surface area contributed by atoms with Crippen molar-refractivity contribution in [2.75, 3.05) is 13.1 Å². The molecule has 5 nitrogen and oxygen atoms in total. The van der Waals surface area contributed by atoms with E-state index in [0.717, 1.165) is 31.6 Å². The quantitative estimate of drug-likeness (QED) is 0.731. The number of nitrogens with zero attached hydrogens (tertiary/aromatic N) is 3. The minimum Gasteiger partial charge on any atom is -0.338 e. The molecule has 1 aromatic carbocycles. The summed E-state index contributed by atoms with van der Waals surface area (Å²) in [5, 5.41) is 9.47. The highest BCUT2D eigenvalue weighted by molar-refractivity contribution is 5.96. The number of piperidine rings is 3. The van der Waals surface area contributed by atoms with Crippen molar-refractivity contribution in [1.29, 1.82) is 5.26 Å². The molecular weight excluding hydrogens is 386 g/mol. The van der Waals surface area contributed by atoms with E-state index in [0.29, 0.717) is 48.4 Å². The van der Waals surface area contributed by atoms with Crippen LogP contribution < -0.4 is 0 Å². The molecule has 0 radical (unpaired) electrons. The molecule has 3 heterocycles. The summed E-state index contributed by atoms with van der Waals surface area (Å²) in [5.41, 5.74) is 0.974. The average molecular weight is 420 g/mol. The SMILES string of the molecule is N#Cc1ccccc1C(=O)N1C[C@H]2C[C@@H](C1)[C@H](CC1CCCCC1)N1C(=O)CCC[C@@H]21. The predicted octanol–water partition coefficient (Wildman–Crippen LogP) is 4.37. The van der Waals surface area contributed by atoms with Crippen LogP contribution in [0, 0.1) is 29.1 Å². The van der Waals surface area contributed by atoms with Crippen molar-refractivity contribution in [3.05, 3.63) is 35.4 Å². The number of hydrogen-bond acceptors (Lipinski definition) is 3. The van der Waals surface area contributed by atoms with Crippen LogP contribution in [0.1, 0.15) is 80.1 Å². The number of carbonyl (C=O) groups excluding carboxylic acids is 2. The monoisotopic (exact) mass is 419 g/mol. The maximum absolute atomic E-state index is 13.4. The van der Waals surface area contributed by atoms with Gasteiger partial charge in [-0.15, -0.1) is 0 Å². The molecule has 2 bridgehead atoms. The van der Waals surface area contributed by atoms with Gasteiger partial charge < -0.3 is 9.80 Å². The fraction of sp³-hybridized carbons (Fsp3) is 0.654. The zero-order chi connectivity index (χ0) is 21.4. The zero-order valence-corrected chi connectivity index (χ0v) is 18.3. The van der Waals surface area contributed by atoms with Gasteiger partial charge in [-0.05, 0) is 55.6 Å². The lowest BCUT2D eigenvalue weighted by molar-refractivity contribution is -0.153. The molecule has 1 aromatic rings.